The SMILES string of the molecule is CCCn1c(=O)c(C)nc2cc(-c3noc([C@H](C)NC(=O)c4ccco4)n3)ccc21. The van der Waals surface area contributed by atoms with Gasteiger partial charge in [0.25, 0.3) is 11.5 Å². The minimum atomic E-state index is -0.501. The van der Waals surface area contributed by atoms with Crippen molar-refractivity contribution in [3.8, 4) is 11.4 Å². The molecule has 30 heavy (non-hydrogen) atoms. The number of aryl methyl sites for hydroxylation is 2. The first-order valence-electron chi connectivity index (χ1n) is 9.67. The maximum absolute atomic E-state index is 12.4. The standard InChI is InChI=1S/C21H21N5O4/c1-4-9-26-16-8-7-14(11-15(16)22-13(3)21(26)28)18-24-20(30-25-18)12(2)23-19(27)17-6-5-10-29-17/h5-8,10-12H,4,9H2,1-3H3,(H,23,27)/t12-/m0/s1. The lowest BCUT2D eigenvalue weighted by Crippen LogP contribution is -2.26. The molecule has 0 bridgehead atoms. The van der Waals surface area contributed by atoms with Gasteiger partial charge in [0.15, 0.2) is 5.76 Å². The number of carbonyl (C=O) groups is 1. The van der Waals surface area contributed by atoms with Gasteiger partial charge in [-0.1, -0.05) is 12.1 Å². The Hall–Kier alpha value is -3.75. The normalized spacial score (nSPS) is 12.2. The van der Waals surface area contributed by atoms with E-state index in [4.69, 9.17) is 8.94 Å². The van der Waals surface area contributed by atoms with Crippen LogP contribution in [0.15, 0.2) is 50.3 Å². The summed E-state index contributed by atoms with van der Waals surface area (Å²) in [7, 11) is 0. The van der Waals surface area contributed by atoms with Gasteiger partial charge < -0.3 is 18.8 Å². The molecule has 0 fully saturated rings. The van der Waals surface area contributed by atoms with E-state index in [2.05, 4.69) is 20.4 Å². The van der Waals surface area contributed by atoms with Gasteiger partial charge in [0.1, 0.15) is 11.7 Å². The van der Waals surface area contributed by atoms with Crippen LogP contribution in [0.1, 0.15) is 48.4 Å². The van der Waals surface area contributed by atoms with Crippen molar-refractivity contribution < 1.29 is 13.7 Å². The number of hydrogen-bond acceptors (Lipinski definition) is 7. The lowest BCUT2D eigenvalue weighted by atomic mass is 10.1. The number of hydrogen-bond donors (Lipinski definition) is 1. The predicted octanol–water partition coefficient (Wildman–Crippen LogP) is 3.25. The Balaban J connectivity index is 1.62. The molecule has 0 unspecified atom stereocenters. The van der Waals surface area contributed by atoms with Crippen LogP contribution in [0.2, 0.25) is 0 Å². The van der Waals surface area contributed by atoms with Crippen LogP contribution in [-0.4, -0.2) is 25.6 Å². The van der Waals surface area contributed by atoms with Gasteiger partial charge in [-0.15, -0.1) is 0 Å². The summed E-state index contributed by atoms with van der Waals surface area (Å²) >= 11 is 0. The zero-order valence-corrected chi connectivity index (χ0v) is 16.9. The zero-order chi connectivity index (χ0) is 21.3. The van der Waals surface area contributed by atoms with Gasteiger partial charge in [0.05, 0.1) is 17.3 Å². The third-order valence-corrected chi connectivity index (χ3v) is 4.72. The first-order chi connectivity index (χ1) is 14.5. The second-order valence-electron chi connectivity index (χ2n) is 6.99. The summed E-state index contributed by atoms with van der Waals surface area (Å²) in [6.07, 6.45) is 2.27. The van der Waals surface area contributed by atoms with Crippen LogP contribution in [0, 0.1) is 6.92 Å². The molecule has 1 aromatic carbocycles. The molecule has 0 radical (unpaired) electrons. The molecule has 3 heterocycles. The van der Waals surface area contributed by atoms with E-state index < -0.39 is 6.04 Å². The highest BCUT2D eigenvalue weighted by Crippen LogP contribution is 2.23. The van der Waals surface area contributed by atoms with Crippen LogP contribution in [-0.2, 0) is 6.54 Å². The second-order valence-corrected chi connectivity index (χ2v) is 6.99. The molecule has 9 nitrogen and oxygen atoms in total. The quantitative estimate of drug-likeness (QED) is 0.521. The van der Waals surface area contributed by atoms with Crippen molar-refractivity contribution in [3.05, 3.63) is 64.3 Å². The summed E-state index contributed by atoms with van der Waals surface area (Å²) in [6, 6.07) is 8.20. The van der Waals surface area contributed by atoms with Crippen molar-refractivity contribution in [2.45, 2.75) is 39.8 Å². The van der Waals surface area contributed by atoms with Gasteiger partial charge in [-0.25, -0.2) is 4.98 Å². The van der Waals surface area contributed by atoms with E-state index in [0.717, 1.165) is 11.9 Å². The number of fused-ring (bicyclic) bond motifs is 1. The van der Waals surface area contributed by atoms with Crippen molar-refractivity contribution in [1.82, 2.24) is 25.0 Å². The molecule has 0 aliphatic carbocycles. The number of rotatable bonds is 6. The van der Waals surface area contributed by atoms with Gasteiger partial charge in [-0.3, -0.25) is 9.59 Å². The van der Waals surface area contributed by atoms with E-state index in [1.165, 1.54) is 6.26 Å². The topological polar surface area (TPSA) is 116 Å². The highest BCUT2D eigenvalue weighted by Gasteiger charge is 2.20. The first-order valence-corrected chi connectivity index (χ1v) is 9.67. The molecular weight excluding hydrogens is 386 g/mol. The van der Waals surface area contributed by atoms with E-state index in [-0.39, 0.29) is 23.1 Å². The smallest absolute Gasteiger partial charge is 0.287 e. The number of furan rings is 1. The van der Waals surface area contributed by atoms with Crippen LogP contribution in [0.5, 0.6) is 0 Å². The molecule has 154 valence electrons. The van der Waals surface area contributed by atoms with Crippen molar-refractivity contribution in [2.75, 3.05) is 0 Å². The Morgan fingerprint density at radius 3 is 2.83 bits per heavy atom. The molecule has 0 spiro atoms. The second kappa shape index (κ2) is 7.94. The number of nitrogens with zero attached hydrogens (tertiary/aromatic N) is 4. The van der Waals surface area contributed by atoms with Gasteiger partial charge in [-0.05, 0) is 50.6 Å². The fourth-order valence-corrected chi connectivity index (χ4v) is 3.22. The Bertz CT molecular complexity index is 1260. The summed E-state index contributed by atoms with van der Waals surface area (Å²) in [6.45, 7) is 6.09. The number of aromatic nitrogens is 4. The highest BCUT2D eigenvalue weighted by atomic mass is 16.5. The molecular formula is C21H21N5O4. The maximum atomic E-state index is 12.4. The van der Waals surface area contributed by atoms with Crippen LogP contribution in [0.4, 0.5) is 0 Å². The minimum absolute atomic E-state index is 0.0833. The van der Waals surface area contributed by atoms with Crippen molar-refractivity contribution >= 4 is 16.9 Å². The summed E-state index contributed by atoms with van der Waals surface area (Å²) in [5.74, 6) is 0.478. The molecule has 4 rings (SSSR count). The van der Waals surface area contributed by atoms with Crippen LogP contribution in [0.3, 0.4) is 0 Å². The van der Waals surface area contributed by atoms with Crippen LogP contribution < -0.4 is 10.9 Å². The Labute approximate surface area is 171 Å². The molecule has 0 saturated carbocycles. The molecule has 0 saturated heterocycles. The van der Waals surface area contributed by atoms with E-state index in [9.17, 15) is 9.59 Å². The Morgan fingerprint density at radius 1 is 1.27 bits per heavy atom. The predicted molar refractivity (Wildman–Crippen MR) is 109 cm³/mol. The van der Waals surface area contributed by atoms with Crippen LogP contribution >= 0.6 is 0 Å². The van der Waals surface area contributed by atoms with E-state index in [0.29, 0.717) is 29.1 Å². The van der Waals surface area contributed by atoms with Crippen molar-refractivity contribution in [2.24, 2.45) is 0 Å². The molecule has 0 aliphatic rings. The molecule has 1 N–H and O–H groups in total. The van der Waals surface area contributed by atoms with Crippen molar-refractivity contribution in [1.29, 1.82) is 0 Å². The summed E-state index contributed by atoms with van der Waals surface area (Å²) in [4.78, 5) is 33.4. The molecule has 1 amide bonds. The lowest BCUT2D eigenvalue weighted by molar-refractivity contribution is 0.0904. The number of carbonyl (C=O) groups excluding carboxylic acids is 1. The van der Waals surface area contributed by atoms with Gasteiger partial charge in [0.2, 0.25) is 11.7 Å². The third kappa shape index (κ3) is 3.61. The van der Waals surface area contributed by atoms with Gasteiger partial charge in [-0.2, -0.15) is 4.98 Å². The zero-order valence-electron chi connectivity index (χ0n) is 16.9. The van der Waals surface area contributed by atoms with Crippen molar-refractivity contribution in [3.63, 3.8) is 0 Å². The largest absolute Gasteiger partial charge is 0.459 e. The lowest BCUT2D eigenvalue weighted by Gasteiger charge is -2.10. The summed E-state index contributed by atoms with van der Waals surface area (Å²) < 4.78 is 12.1. The van der Waals surface area contributed by atoms with E-state index >= 15 is 0 Å². The van der Waals surface area contributed by atoms with E-state index in [1.54, 1.807) is 30.5 Å². The van der Waals surface area contributed by atoms with Gasteiger partial charge >= 0.3 is 0 Å². The number of nitrogens with one attached hydrogen (secondary N) is 1. The number of amides is 1. The van der Waals surface area contributed by atoms with E-state index in [1.807, 2.05) is 25.1 Å². The summed E-state index contributed by atoms with van der Waals surface area (Å²) in [5, 5.41) is 6.77. The Morgan fingerprint density at radius 2 is 2.10 bits per heavy atom. The van der Waals surface area contributed by atoms with Gasteiger partial charge in [0, 0.05) is 12.1 Å². The highest BCUT2D eigenvalue weighted by molar-refractivity contribution is 5.91. The molecule has 3 aromatic heterocycles. The molecule has 9 heteroatoms. The van der Waals surface area contributed by atoms with Crippen LogP contribution in [0.25, 0.3) is 22.4 Å². The maximum Gasteiger partial charge on any atom is 0.287 e. The molecule has 1 atom stereocenters. The number of benzene rings is 1. The molecule has 0 aliphatic heterocycles. The minimum Gasteiger partial charge on any atom is -0.459 e. The monoisotopic (exact) mass is 407 g/mol. The fraction of sp³-hybridized carbons (Fsp3) is 0.286. The average molecular weight is 407 g/mol. The fourth-order valence-electron chi connectivity index (χ4n) is 3.22. The molecule has 4 aromatic rings. The Kier molecular flexibility index (Phi) is 5.18. The average Bonchev–Trinajstić information content (AvgIpc) is 3.43. The first kappa shape index (κ1) is 19.6. The third-order valence-electron chi connectivity index (χ3n) is 4.72. The summed E-state index contributed by atoms with van der Waals surface area (Å²) in [5.41, 5.74) is 2.51.